The minimum Gasteiger partial charge on any atom is -0.464 e. The van der Waals surface area contributed by atoms with Gasteiger partial charge in [-0.15, -0.1) is 0 Å². The number of hydrogen-bond acceptors (Lipinski definition) is 5. The Morgan fingerprint density at radius 3 is 2.71 bits per heavy atom. The minimum absolute atomic E-state index is 0.0983. The summed E-state index contributed by atoms with van der Waals surface area (Å²) in [6, 6.07) is 7.43. The second-order valence-electron chi connectivity index (χ2n) is 7.02. The van der Waals surface area contributed by atoms with Crippen LogP contribution in [0.25, 0.3) is 0 Å². The van der Waals surface area contributed by atoms with E-state index in [9.17, 15) is 15.2 Å². The molecule has 1 unspecified atom stereocenters. The molecule has 3 N–H and O–H groups in total. The van der Waals surface area contributed by atoms with Crippen molar-refractivity contribution in [2.45, 2.75) is 50.7 Å². The lowest BCUT2D eigenvalue weighted by atomic mass is 9.47. The zero-order chi connectivity index (χ0) is 17.7. The van der Waals surface area contributed by atoms with Crippen LogP contribution in [-0.2, 0) is 20.5 Å². The van der Waals surface area contributed by atoms with Gasteiger partial charge in [0.25, 0.3) is 0 Å². The summed E-state index contributed by atoms with van der Waals surface area (Å²) in [7, 11) is 0. The maximum Gasteiger partial charge on any atom is 0.331 e. The first-order chi connectivity index (χ1) is 11.4. The number of fused-ring (bicyclic) bond motifs is 2. The molecule has 1 aromatic rings. The van der Waals surface area contributed by atoms with Gasteiger partial charge < -0.3 is 15.6 Å². The second-order valence-corrected chi connectivity index (χ2v) is 7.02. The molecule has 0 saturated heterocycles. The molecule has 128 valence electrons. The topological polar surface area (TPSA) is 96.3 Å². The summed E-state index contributed by atoms with van der Waals surface area (Å²) in [6.45, 7) is 6.00. The molecule has 0 amide bonds. The second kappa shape index (κ2) is 5.58. The van der Waals surface area contributed by atoms with Gasteiger partial charge in [-0.05, 0) is 48.4 Å². The molecule has 1 saturated carbocycles. The van der Waals surface area contributed by atoms with Gasteiger partial charge in [-0.25, -0.2) is 4.79 Å². The molecule has 0 radical (unpaired) electrons. The predicted octanol–water partition coefficient (Wildman–Crippen LogP) is 1.95. The molecule has 5 atom stereocenters. The van der Waals surface area contributed by atoms with Gasteiger partial charge in [0.15, 0.2) is 5.54 Å². The maximum atomic E-state index is 12.8. The molecule has 1 spiro atoms. The first-order valence-corrected chi connectivity index (χ1v) is 8.57. The maximum absolute atomic E-state index is 12.8. The third kappa shape index (κ3) is 1.78. The Morgan fingerprint density at radius 2 is 2.17 bits per heavy atom. The number of carbonyl (C=O) groups is 1. The number of carbonyl (C=O) groups excluding carboxylic acids is 1. The van der Waals surface area contributed by atoms with Crippen LogP contribution in [0.2, 0.25) is 0 Å². The van der Waals surface area contributed by atoms with Crippen LogP contribution in [0.3, 0.4) is 0 Å². The zero-order valence-corrected chi connectivity index (χ0v) is 14.4. The molecule has 0 aliphatic heterocycles. The molecule has 5 heteroatoms. The average molecular weight is 328 g/mol. The summed E-state index contributed by atoms with van der Waals surface area (Å²) in [5, 5.41) is 19.8. The van der Waals surface area contributed by atoms with Crippen molar-refractivity contribution in [2.24, 2.45) is 17.6 Å². The SMILES string of the molecule is CCOC(=O)C1(N)c2cc(C#N)ccc2[C@@]12C[C@@H](CC)[C@H](O)[C@H]2C. The molecular weight excluding hydrogens is 304 g/mol. The Bertz CT molecular complexity index is 726. The van der Waals surface area contributed by atoms with Crippen LogP contribution in [0.4, 0.5) is 0 Å². The summed E-state index contributed by atoms with van der Waals surface area (Å²) in [4.78, 5) is 12.8. The number of rotatable bonds is 3. The van der Waals surface area contributed by atoms with E-state index in [0.29, 0.717) is 17.5 Å². The van der Waals surface area contributed by atoms with Crippen LogP contribution in [0.5, 0.6) is 0 Å². The zero-order valence-electron chi connectivity index (χ0n) is 14.4. The van der Waals surface area contributed by atoms with Gasteiger partial charge in [-0.2, -0.15) is 5.26 Å². The Kier molecular flexibility index (Phi) is 3.94. The first kappa shape index (κ1) is 16.9. The Labute approximate surface area is 142 Å². The van der Waals surface area contributed by atoms with E-state index in [0.717, 1.165) is 12.0 Å². The highest BCUT2D eigenvalue weighted by molar-refractivity contribution is 5.90. The van der Waals surface area contributed by atoms with E-state index < -0.39 is 23.0 Å². The highest BCUT2D eigenvalue weighted by atomic mass is 16.5. The summed E-state index contributed by atoms with van der Waals surface area (Å²) in [6.07, 6.45) is 0.980. The summed E-state index contributed by atoms with van der Waals surface area (Å²) in [5.74, 6) is -0.526. The lowest BCUT2D eigenvalue weighted by Gasteiger charge is -2.57. The number of aliphatic hydroxyl groups is 1. The number of ether oxygens (including phenoxy) is 1. The van der Waals surface area contributed by atoms with Crippen molar-refractivity contribution in [2.75, 3.05) is 6.61 Å². The van der Waals surface area contributed by atoms with Gasteiger partial charge in [-0.3, -0.25) is 0 Å². The first-order valence-electron chi connectivity index (χ1n) is 8.57. The number of nitrogens with two attached hydrogens (primary N) is 1. The van der Waals surface area contributed by atoms with Crippen LogP contribution < -0.4 is 5.73 Å². The Hall–Kier alpha value is -1.90. The molecular formula is C19H24N2O3. The van der Waals surface area contributed by atoms with Crippen LogP contribution in [0.15, 0.2) is 18.2 Å². The summed E-state index contributed by atoms with van der Waals surface area (Å²) in [5.41, 5.74) is 6.84. The van der Waals surface area contributed by atoms with E-state index in [2.05, 4.69) is 6.07 Å². The number of nitrogens with zero attached hydrogens (tertiary/aromatic N) is 1. The van der Waals surface area contributed by atoms with E-state index in [4.69, 9.17) is 10.5 Å². The molecule has 0 aromatic heterocycles. The van der Waals surface area contributed by atoms with E-state index in [-0.39, 0.29) is 18.4 Å². The van der Waals surface area contributed by atoms with Crippen molar-refractivity contribution in [3.8, 4) is 6.07 Å². The molecule has 1 fully saturated rings. The van der Waals surface area contributed by atoms with Gasteiger partial charge in [0.1, 0.15) is 0 Å². The third-order valence-electron chi connectivity index (χ3n) is 6.24. The number of esters is 1. The van der Waals surface area contributed by atoms with Gasteiger partial charge in [-0.1, -0.05) is 26.3 Å². The lowest BCUT2D eigenvalue weighted by Crippen LogP contribution is -2.70. The van der Waals surface area contributed by atoms with E-state index in [1.807, 2.05) is 19.9 Å². The molecule has 5 nitrogen and oxygen atoms in total. The smallest absolute Gasteiger partial charge is 0.331 e. The van der Waals surface area contributed by atoms with E-state index in [1.165, 1.54) is 0 Å². The van der Waals surface area contributed by atoms with Crippen molar-refractivity contribution in [1.82, 2.24) is 0 Å². The molecule has 0 bridgehead atoms. The van der Waals surface area contributed by atoms with E-state index >= 15 is 0 Å². The molecule has 2 aliphatic rings. The quantitative estimate of drug-likeness (QED) is 0.827. The summed E-state index contributed by atoms with van der Waals surface area (Å²) >= 11 is 0. The van der Waals surface area contributed by atoms with Crippen molar-refractivity contribution in [3.63, 3.8) is 0 Å². The van der Waals surface area contributed by atoms with Gasteiger partial charge in [0.2, 0.25) is 0 Å². The third-order valence-corrected chi connectivity index (χ3v) is 6.24. The van der Waals surface area contributed by atoms with Crippen molar-refractivity contribution in [1.29, 1.82) is 5.26 Å². The van der Waals surface area contributed by atoms with Crippen molar-refractivity contribution in [3.05, 3.63) is 34.9 Å². The number of hydrogen-bond donors (Lipinski definition) is 2. The Morgan fingerprint density at radius 1 is 1.46 bits per heavy atom. The van der Waals surface area contributed by atoms with Gasteiger partial charge >= 0.3 is 5.97 Å². The number of benzene rings is 1. The minimum atomic E-state index is -1.31. The van der Waals surface area contributed by atoms with Gasteiger partial charge in [0, 0.05) is 5.41 Å². The van der Waals surface area contributed by atoms with E-state index in [1.54, 1.807) is 19.1 Å². The molecule has 2 aliphatic carbocycles. The van der Waals surface area contributed by atoms with Crippen LogP contribution >= 0.6 is 0 Å². The summed E-state index contributed by atoms with van der Waals surface area (Å²) < 4.78 is 5.29. The lowest BCUT2D eigenvalue weighted by molar-refractivity contribution is -0.157. The average Bonchev–Trinajstić information content (AvgIpc) is 2.87. The monoisotopic (exact) mass is 328 g/mol. The van der Waals surface area contributed by atoms with Crippen molar-refractivity contribution >= 4 is 5.97 Å². The highest BCUT2D eigenvalue weighted by Gasteiger charge is 2.72. The highest BCUT2D eigenvalue weighted by Crippen LogP contribution is 2.65. The molecule has 3 rings (SSSR count). The van der Waals surface area contributed by atoms with Crippen LogP contribution in [0.1, 0.15) is 50.3 Å². The fourth-order valence-electron chi connectivity index (χ4n) is 4.94. The van der Waals surface area contributed by atoms with Crippen LogP contribution in [0, 0.1) is 23.2 Å². The van der Waals surface area contributed by atoms with Crippen LogP contribution in [-0.4, -0.2) is 23.8 Å². The molecule has 1 aromatic carbocycles. The number of nitriles is 1. The standard InChI is InChI=1S/C19H24N2O3/c1-4-13-9-18(11(3)16(13)22)14-7-6-12(10-20)8-15(14)19(18,21)17(23)24-5-2/h6-8,11,13,16,22H,4-5,9,21H2,1-3H3/t11-,13-,16-,18+,19?/m1/s1. The van der Waals surface area contributed by atoms with Crippen molar-refractivity contribution < 1.29 is 14.6 Å². The normalized spacial score (nSPS) is 36.8. The predicted molar refractivity (Wildman–Crippen MR) is 88.9 cm³/mol. The fraction of sp³-hybridized carbons (Fsp3) is 0.579. The van der Waals surface area contributed by atoms with Gasteiger partial charge in [0.05, 0.1) is 24.3 Å². The number of aliphatic hydroxyl groups excluding tert-OH is 1. The fourth-order valence-corrected chi connectivity index (χ4v) is 4.94. The Balaban J connectivity index is 2.20. The largest absolute Gasteiger partial charge is 0.464 e. The molecule has 24 heavy (non-hydrogen) atoms. The molecule has 0 heterocycles.